The highest BCUT2D eigenvalue weighted by molar-refractivity contribution is 7.98. The Morgan fingerprint density at radius 3 is 2.67 bits per heavy atom. The number of benzene rings is 1. The number of nitrogens with zero attached hydrogens (tertiary/aromatic N) is 1. The third kappa shape index (κ3) is 4.87. The molecule has 0 bridgehead atoms. The number of nitrogens with one attached hydrogen (secondary N) is 1. The average Bonchev–Trinajstić information content (AvgIpc) is 2.30. The molecule has 0 radical (unpaired) electrons. The smallest absolute Gasteiger partial charge is 0.0622 e. The third-order valence-electron chi connectivity index (χ3n) is 2.13. The number of hydrogen-bond acceptors (Lipinski definition) is 3. The number of hydrogen-bond donors (Lipinski definition) is 1. The van der Waals surface area contributed by atoms with Crippen molar-refractivity contribution in [3.8, 4) is 6.07 Å². The van der Waals surface area contributed by atoms with E-state index in [1.54, 1.807) is 11.8 Å². The zero-order valence-corrected chi connectivity index (χ0v) is 9.81. The third-order valence-corrected chi connectivity index (χ3v) is 2.87. The van der Waals surface area contributed by atoms with Crippen LogP contribution in [0, 0.1) is 11.3 Å². The largest absolute Gasteiger partial charge is 0.313 e. The molecule has 2 nitrogen and oxygen atoms in total. The van der Waals surface area contributed by atoms with Gasteiger partial charge in [-0.25, -0.2) is 0 Å². The van der Waals surface area contributed by atoms with Gasteiger partial charge in [0.05, 0.1) is 6.07 Å². The van der Waals surface area contributed by atoms with Crippen molar-refractivity contribution in [1.29, 1.82) is 5.26 Å². The van der Waals surface area contributed by atoms with Gasteiger partial charge in [-0.3, -0.25) is 0 Å². The van der Waals surface area contributed by atoms with E-state index >= 15 is 0 Å². The van der Waals surface area contributed by atoms with Gasteiger partial charge in [0.25, 0.3) is 0 Å². The summed E-state index contributed by atoms with van der Waals surface area (Å²) in [6.07, 6.45) is 3.65. The lowest BCUT2D eigenvalue weighted by atomic mass is 10.2. The van der Waals surface area contributed by atoms with Gasteiger partial charge >= 0.3 is 0 Å². The predicted molar refractivity (Wildman–Crippen MR) is 64.8 cm³/mol. The Morgan fingerprint density at radius 1 is 1.33 bits per heavy atom. The quantitative estimate of drug-likeness (QED) is 0.591. The van der Waals surface area contributed by atoms with Crippen molar-refractivity contribution in [2.75, 3.05) is 12.8 Å². The second kappa shape index (κ2) is 7.33. The van der Waals surface area contributed by atoms with E-state index in [0.717, 1.165) is 19.5 Å². The molecule has 3 heteroatoms. The van der Waals surface area contributed by atoms with Gasteiger partial charge in [-0.2, -0.15) is 5.26 Å². The van der Waals surface area contributed by atoms with Crippen molar-refractivity contribution in [1.82, 2.24) is 5.32 Å². The molecule has 0 aliphatic rings. The fourth-order valence-corrected chi connectivity index (χ4v) is 1.68. The molecule has 0 saturated carbocycles. The molecule has 1 rings (SSSR count). The summed E-state index contributed by atoms with van der Waals surface area (Å²) in [5.74, 6) is 0. The van der Waals surface area contributed by atoms with E-state index in [9.17, 15) is 0 Å². The first kappa shape index (κ1) is 12.1. The number of rotatable bonds is 6. The Balaban J connectivity index is 2.23. The average molecular weight is 220 g/mol. The molecule has 1 N–H and O–H groups in total. The molecule has 0 aliphatic heterocycles. The zero-order valence-electron chi connectivity index (χ0n) is 8.99. The SMILES string of the molecule is CSc1ccc(CNCCCC#N)cc1. The van der Waals surface area contributed by atoms with Crippen LogP contribution in [0.15, 0.2) is 29.2 Å². The second-order valence-electron chi connectivity index (χ2n) is 3.29. The summed E-state index contributed by atoms with van der Waals surface area (Å²) in [5, 5.41) is 11.7. The zero-order chi connectivity index (χ0) is 10.9. The van der Waals surface area contributed by atoms with E-state index in [1.165, 1.54) is 10.5 Å². The van der Waals surface area contributed by atoms with E-state index in [4.69, 9.17) is 5.26 Å². The summed E-state index contributed by atoms with van der Waals surface area (Å²) in [5.41, 5.74) is 1.30. The van der Waals surface area contributed by atoms with Gasteiger partial charge in [-0.15, -0.1) is 11.8 Å². The molecule has 0 saturated heterocycles. The molecular formula is C12H16N2S. The molecule has 0 unspecified atom stereocenters. The van der Waals surface area contributed by atoms with E-state index in [-0.39, 0.29) is 0 Å². The van der Waals surface area contributed by atoms with Crippen LogP contribution < -0.4 is 5.32 Å². The lowest BCUT2D eigenvalue weighted by Gasteiger charge is -2.04. The maximum Gasteiger partial charge on any atom is 0.0622 e. The number of nitriles is 1. The number of thioether (sulfide) groups is 1. The van der Waals surface area contributed by atoms with Gasteiger partial charge in [0.15, 0.2) is 0 Å². The molecule has 1 aromatic carbocycles. The summed E-state index contributed by atoms with van der Waals surface area (Å²) in [6.45, 7) is 1.80. The van der Waals surface area contributed by atoms with Crippen LogP contribution in [0.25, 0.3) is 0 Å². The van der Waals surface area contributed by atoms with Gasteiger partial charge in [0.1, 0.15) is 0 Å². The van der Waals surface area contributed by atoms with E-state index in [0.29, 0.717) is 6.42 Å². The molecule has 0 amide bonds. The van der Waals surface area contributed by atoms with Crippen LogP contribution in [0.3, 0.4) is 0 Å². The minimum absolute atomic E-state index is 0.637. The highest BCUT2D eigenvalue weighted by Crippen LogP contribution is 2.14. The van der Waals surface area contributed by atoms with Gasteiger partial charge in [-0.05, 0) is 36.9 Å². The first-order valence-electron chi connectivity index (χ1n) is 5.07. The van der Waals surface area contributed by atoms with Crippen LogP contribution in [-0.4, -0.2) is 12.8 Å². The molecule has 15 heavy (non-hydrogen) atoms. The van der Waals surface area contributed by atoms with E-state index in [1.807, 2.05) is 0 Å². The van der Waals surface area contributed by atoms with Crippen LogP contribution in [0.1, 0.15) is 18.4 Å². The topological polar surface area (TPSA) is 35.8 Å². The molecule has 0 aliphatic carbocycles. The fraction of sp³-hybridized carbons (Fsp3) is 0.417. The minimum atomic E-state index is 0.637. The molecule has 0 aromatic heterocycles. The molecule has 0 fully saturated rings. The maximum absolute atomic E-state index is 8.36. The van der Waals surface area contributed by atoms with Crippen molar-refractivity contribution >= 4 is 11.8 Å². The van der Waals surface area contributed by atoms with Gasteiger partial charge < -0.3 is 5.32 Å². The molecule has 80 valence electrons. The van der Waals surface area contributed by atoms with E-state index in [2.05, 4.69) is 41.9 Å². The minimum Gasteiger partial charge on any atom is -0.313 e. The normalized spacial score (nSPS) is 9.87. The van der Waals surface area contributed by atoms with Crippen molar-refractivity contribution in [2.24, 2.45) is 0 Å². The van der Waals surface area contributed by atoms with Gasteiger partial charge in [0, 0.05) is 17.9 Å². The lowest BCUT2D eigenvalue weighted by Crippen LogP contribution is -2.14. The van der Waals surface area contributed by atoms with E-state index < -0.39 is 0 Å². The van der Waals surface area contributed by atoms with Crippen LogP contribution in [0.5, 0.6) is 0 Å². The predicted octanol–water partition coefficient (Wildman–Crippen LogP) is 2.80. The highest BCUT2D eigenvalue weighted by atomic mass is 32.2. The summed E-state index contributed by atoms with van der Waals surface area (Å²) in [6, 6.07) is 10.7. The molecule has 0 atom stereocenters. The van der Waals surface area contributed by atoms with Gasteiger partial charge in [-0.1, -0.05) is 12.1 Å². The molecule has 0 spiro atoms. The van der Waals surface area contributed by atoms with Crippen molar-refractivity contribution in [2.45, 2.75) is 24.3 Å². The summed E-state index contributed by atoms with van der Waals surface area (Å²) in [4.78, 5) is 1.29. The molecule has 0 heterocycles. The van der Waals surface area contributed by atoms with Crippen LogP contribution in [-0.2, 0) is 6.54 Å². The monoisotopic (exact) mass is 220 g/mol. The number of unbranched alkanes of at least 4 members (excludes halogenated alkanes) is 1. The van der Waals surface area contributed by atoms with Crippen molar-refractivity contribution in [3.05, 3.63) is 29.8 Å². The lowest BCUT2D eigenvalue weighted by molar-refractivity contribution is 0.657. The molecule has 1 aromatic rings. The van der Waals surface area contributed by atoms with Crippen LogP contribution >= 0.6 is 11.8 Å². The fourth-order valence-electron chi connectivity index (χ4n) is 1.27. The summed E-state index contributed by atoms with van der Waals surface area (Å²) in [7, 11) is 0. The Bertz CT molecular complexity index is 313. The summed E-state index contributed by atoms with van der Waals surface area (Å²) < 4.78 is 0. The van der Waals surface area contributed by atoms with Gasteiger partial charge in [0.2, 0.25) is 0 Å². The van der Waals surface area contributed by atoms with Crippen LogP contribution in [0.4, 0.5) is 0 Å². The Hall–Kier alpha value is -0.980. The molecular weight excluding hydrogens is 204 g/mol. The Kier molecular flexibility index (Phi) is 5.91. The Morgan fingerprint density at radius 2 is 2.07 bits per heavy atom. The maximum atomic E-state index is 8.36. The standard InChI is InChI=1S/C12H16N2S/c1-15-12-6-4-11(5-7-12)10-14-9-3-2-8-13/h4-7,14H,2-3,9-10H2,1H3. The second-order valence-corrected chi connectivity index (χ2v) is 4.17. The van der Waals surface area contributed by atoms with Crippen molar-refractivity contribution in [3.63, 3.8) is 0 Å². The first-order chi connectivity index (χ1) is 7.36. The highest BCUT2D eigenvalue weighted by Gasteiger charge is 1.93. The Labute approximate surface area is 95.7 Å². The van der Waals surface area contributed by atoms with Crippen LogP contribution in [0.2, 0.25) is 0 Å². The van der Waals surface area contributed by atoms with Crippen molar-refractivity contribution < 1.29 is 0 Å². The first-order valence-corrected chi connectivity index (χ1v) is 6.30. The summed E-state index contributed by atoms with van der Waals surface area (Å²) >= 11 is 1.76.